The number of hydrogen-bond donors (Lipinski definition) is 1. The fourth-order valence-electron chi connectivity index (χ4n) is 1.82. The van der Waals surface area contributed by atoms with E-state index in [0.717, 1.165) is 11.3 Å². The van der Waals surface area contributed by atoms with Gasteiger partial charge in [-0.15, -0.1) is 11.3 Å². The van der Waals surface area contributed by atoms with E-state index in [1.54, 1.807) is 19.1 Å². The quantitative estimate of drug-likeness (QED) is 0.900. The molecule has 0 unspecified atom stereocenters. The lowest BCUT2D eigenvalue weighted by atomic mass is 9.91. The van der Waals surface area contributed by atoms with Crippen LogP contribution in [-0.2, 0) is 5.41 Å². The highest BCUT2D eigenvalue weighted by atomic mass is 32.1. The first-order valence-corrected chi connectivity index (χ1v) is 7.03. The number of aromatic nitrogens is 1. The highest BCUT2D eigenvalue weighted by Gasteiger charge is 2.27. The van der Waals surface area contributed by atoms with E-state index in [2.05, 4.69) is 4.98 Å². The number of aryl methyl sites for hydroxylation is 1. The summed E-state index contributed by atoms with van der Waals surface area (Å²) >= 11 is 1.08. The van der Waals surface area contributed by atoms with Crippen LogP contribution < -0.4 is 0 Å². The summed E-state index contributed by atoms with van der Waals surface area (Å²) in [6.45, 7) is 7.42. The Balaban J connectivity index is 2.58. The Bertz CT molecular complexity index is 671. The maximum absolute atomic E-state index is 13.6. The zero-order valence-electron chi connectivity index (χ0n) is 11.8. The zero-order valence-corrected chi connectivity index (χ0v) is 12.6. The van der Waals surface area contributed by atoms with Gasteiger partial charge in [-0.1, -0.05) is 32.9 Å². The largest absolute Gasteiger partial charge is 0.477 e. The second-order valence-electron chi connectivity index (χ2n) is 5.72. The van der Waals surface area contributed by atoms with Crippen LogP contribution in [0, 0.1) is 12.7 Å². The summed E-state index contributed by atoms with van der Waals surface area (Å²) < 4.78 is 13.6. The molecule has 2 aromatic rings. The summed E-state index contributed by atoms with van der Waals surface area (Å²) in [6, 6.07) is 4.82. The molecule has 2 rings (SSSR count). The number of carboxylic acid groups (broad SMARTS) is 1. The van der Waals surface area contributed by atoms with Gasteiger partial charge in [0.2, 0.25) is 0 Å². The molecule has 1 aromatic carbocycles. The number of benzene rings is 1. The van der Waals surface area contributed by atoms with E-state index < -0.39 is 5.97 Å². The highest BCUT2D eigenvalue weighted by molar-refractivity contribution is 7.17. The first kappa shape index (κ1) is 14.7. The summed E-state index contributed by atoms with van der Waals surface area (Å²) in [4.78, 5) is 16.0. The van der Waals surface area contributed by atoms with Crippen LogP contribution in [0.15, 0.2) is 18.2 Å². The summed E-state index contributed by atoms with van der Waals surface area (Å²) in [5, 5.41) is 9.82. The molecular formula is C15H16FNO2S. The average Bonchev–Trinajstić information content (AvgIpc) is 2.77. The predicted octanol–water partition coefficient (Wildman–Crippen LogP) is 4.25. The van der Waals surface area contributed by atoms with Gasteiger partial charge < -0.3 is 5.11 Å². The summed E-state index contributed by atoms with van der Waals surface area (Å²) in [5.74, 6) is -1.31. The van der Waals surface area contributed by atoms with Crippen molar-refractivity contribution < 1.29 is 14.3 Å². The Morgan fingerprint density at radius 1 is 1.35 bits per heavy atom. The van der Waals surface area contributed by atoms with Crippen LogP contribution in [0.3, 0.4) is 0 Å². The molecule has 5 heteroatoms. The molecule has 3 nitrogen and oxygen atoms in total. The number of halogens is 1. The molecule has 0 saturated carbocycles. The van der Waals surface area contributed by atoms with Gasteiger partial charge in [0.15, 0.2) is 0 Å². The molecule has 0 fully saturated rings. The van der Waals surface area contributed by atoms with E-state index in [0.29, 0.717) is 21.8 Å². The van der Waals surface area contributed by atoms with Crippen LogP contribution in [0.1, 0.15) is 41.7 Å². The van der Waals surface area contributed by atoms with Crippen LogP contribution in [0.5, 0.6) is 0 Å². The zero-order chi connectivity index (χ0) is 15.1. The van der Waals surface area contributed by atoms with Crippen LogP contribution in [0.2, 0.25) is 0 Å². The molecule has 0 spiro atoms. The van der Waals surface area contributed by atoms with E-state index in [-0.39, 0.29) is 16.1 Å². The lowest BCUT2D eigenvalue weighted by Crippen LogP contribution is -2.16. The Kier molecular flexibility index (Phi) is 3.65. The normalized spacial score (nSPS) is 11.7. The van der Waals surface area contributed by atoms with Gasteiger partial charge in [0.25, 0.3) is 0 Å². The van der Waals surface area contributed by atoms with Crippen molar-refractivity contribution >= 4 is 17.3 Å². The minimum absolute atomic E-state index is 0.216. The third-order valence-electron chi connectivity index (χ3n) is 2.95. The molecule has 0 atom stereocenters. The number of aromatic carboxylic acids is 1. The molecule has 0 radical (unpaired) electrons. The predicted molar refractivity (Wildman–Crippen MR) is 77.9 cm³/mol. The van der Waals surface area contributed by atoms with Crippen molar-refractivity contribution in [2.24, 2.45) is 0 Å². The number of carbonyl (C=O) groups is 1. The third kappa shape index (κ3) is 2.72. The smallest absolute Gasteiger partial charge is 0.347 e. The number of rotatable bonds is 2. The number of nitrogens with zero attached hydrogens (tertiary/aromatic N) is 1. The lowest BCUT2D eigenvalue weighted by Gasteiger charge is -2.16. The molecule has 1 heterocycles. The standard InChI is InChI=1S/C15H16FNO2S/c1-8-5-6-9(7-10(8)16)13-17-12(15(2,3)4)11(20-13)14(18)19/h5-7H,1-4H3,(H,18,19). The van der Waals surface area contributed by atoms with E-state index in [1.165, 1.54) is 6.07 Å². The Hall–Kier alpha value is -1.75. The fourth-order valence-corrected chi connectivity index (χ4v) is 2.93. The van der Waals surface area contributed by atoms with E-state index in [1.807, 2.05) is 20.8 Å². The van der Waals surface area contributed by atoms with Gasteiger partial charge in [0.05, 0.1) is 5.69 Å². The van der Waals surface area contributed by atoms with Gasteiger partial charge in [-0.05, 0) is 18.6 Å². The molecule has 1 N–H and O–H groups in total. The number of carboxylic acids is 1. The summed E-state index contributed by atoms with van der Waals surface area (Å²) in [7, 11) is 0. The minimum atomic E-state index is -0.994. The maximum Gasteiger partial charge on any atom is 0.347 e. The van der Waals surface area contributed by atoms with Crippen molar-refractivity contribution in [3.05, 3.63) is 40.2 Å². The monoisotopic (exact) mass is 293 g/mol. The topological polar surface area (TPSA) is 50.2 Å². The Labute approximate surface area is 121 Å². The SMILES string of the molecule is Cc1ccc(-c2nc(C(C)(C)C)c(C(=O)O)s2)cc1F. The second-order valence-corrected chi connectivity index (χ2v) is 6.71. The average molecular weight is 293 g/mol. The van der Waals surface area contributed by atoms with Gasteiger partial charge in [0.1, 0.15) is 15.7 Å². The molecule has 0 aliphatic heterocycles. The first-order chi connectivity index (χ1) is 9.20. The molecule has 1 aromatic heterocycles. The van der Waals surface area contributed by atoms with Gasteiger partial charge in [0, 0.05) is 11.0 Å². The van der Waals surface area contributed by atoms with Gasteiger partial charge >= 0.3 is 5.97 Å². The van der Waals surface area contributed by atoms with Crippen molar-refractivity contribution in [1.82, 2.24) is 4.98 Å². The Morgan fingerprint density at radius 2 is 2.00 bits per heavy atom. The molecule has 0 amide bonds. The highest BCUT2D eigenvalue weighted by Crippen LogP contribution is 2.34. The lowest BCUT2D eigenvalue weighted by molar-refractivity contribution is 0.0699. The van der Waals surface area contributed by atoms with Crippen LogP contribution >= 0.6 is 11.3 Å². The second kappa shape index (κ2) is 4.98. The molecule has 0 saturated heterocycles. The summed E-state index contributed by atoms with van der Waals surface area (Å²) in [6.07, 6.45) is 0. The molecule has 0 aliphatic carbocycles. The number of hydrogen-bond acceptors (Lipinski definition) is 3. The van der Waals surface area contributed by atoms with Crippen molar-refractivity contribution in [3.63, 3.8) is 0 Å². The fraction of sp³-hybridized carbons (Fsp3) is 0.333. The van der Waals surface area contributed by atoms with Gasteiger partial charge in [-0.3, -0.25) is 0 Å². The Morgan fingerprint density at radius 3 is 2.45 bits per heavy atom. The van der Waals surface area contributed by atoms with E-state index in [4.69, 9.17) is 0 Å². The molecule has 0 aliphatic rings. The molecule has 0 bridgehead atoms. The van der Waals surface area contributed by atoms with Crippen molar-refractivity contribution in [1.29, 1.82) is 0 Å². The van der Waals surface area contributed by atoms with Crippen molar-refractivity contribution in [2.75, 3.05) is 0 Å². The molecular weight excluding hydrogens is 277 g/mol. The number of thiazole rings is 1. The van der Waals surface area contributed by atoms with E-state index in [9.17, 15) is 14.3 Å². The van der Waals surface area contributed by atoms with Crippen LogP contribution in [-0.4, -0.2) is 16.1 Å². The summed E-state index contributed by atoms with van der Waals surface area (Å²) in [5.41, 5.74) is 1.33. The minimum Gasteiger partial charge on any atom is -0.477 e. The first-order valence-electron chi connectivity index (χ1n) is 6.21. The molecule has 20 heavy (non-hydrogen) atoms. The molecule has 106 valence electrons. The third-order valence-corrected chi connectivity index (χ3v) is 4.04. The maximum atomic E-state index is 13.6. The van der Waals surface area contributed by atoms with Crippen LogP contribution in [0.4, 0.5) is 4.39 Å². The van der Waals surface area contributed by atoms with E-state index >= 15 is 0 Å². The van der Waals surface area contributed by atoms with Crippen LogP contribution in [0.25, 0.3) is 10.6 Å². The van der Waals surface area contributed by atoms with Crippen molar-refractivity contribution in [3.8, 4) is 10.6 Å². The van der Waals surface area contributed by atoms with Crippen molar-refractivity contribution in [2.45, 2.75) is 33.1 Å². The van der Waals surface area contributed by atoms with Gasteiger partial charge in [-0.25, -0.2) is 14.2 Å². The van der Waals surface area contributed by atoms with Gasteiger partial charge in [-0.2, -0.15) is 0 Å².